The first-order valence-corrected chi connectivity index (χ1v) is 6.74. The fraction of sp³-hybridized carbons (Fsp3) is 1.00. The van der Waals surface area contributed by atoms with Gasteiger partial charge in [0.15, 0.2) is 0 Å². The molecule has 2 fully saturated rings. The van der Waals surface area contributed by atoms with Crippen molar-refractivity contribution in [2.75, 3.05) is 7.05 Å². The highest BCUT2D eigenvalue weighted by atomic mass is 16.3. The Morgan fingerprint density at radius 2 is 1.75 bits per heavy atom. The fourth-order valence-corrected chi connectivity index (χ4v) is 3.26. The highest BCUT2D eigenvalue weighted by molar-refractivity contribution is 4.94. The van der Waals surface area contributed by atoms with Gasteiger partial charge in [-0.2, -0.15) is 0 Å². The first-order valence-electron chi connectivity index (χ1n) is 6.74. The van der Waals surface area contributed by atoms with Crippen LogP contribution in [-0.2, 0) is 0 Å². The van der Waals surface area contributed by atoms with Crippen LogP contribution < -0.4 is 5.32 Å². The minimum Gasteiger partial charge on any atom is -0.392 e. The summed E-state index contributed by atoms with van der Waals surface area (Å²) < 4.78 is 0. The number of piperidine rings is 2. The average molecular weight is 226 g/mol. The molecule has 0 amide bonds. The normalized spacial score (nSPS) is 39.4. The van der Waals surface area contributed by atoms with Gasteiger partial charge in [0.25, 0.3) is 0 Å². The van der Waals surface area contributed by atoms with E-state index in [1.54, 1.807) is 0 Å². The first kappa shape index (κ1) is 12.3. The largest absolute Gasteiger partial charge is 0.392 e. The van der Waals surface area contributed by atoms with Crippen LogP contribution in [-0.4, -0.2) is 47.3 Å². The third-order valence-corrected chi connectivity index (χ3v) is 4.56. The van der Waals surface area contributed by atoms with Gasteiger partial charge < -0.3 is 15.3 Å². The molecule has 0 aromatic carbocycles. The highest BCUT2D eigenvalue weighted by Crippen LogP contribution is 2.32. The summed E-state index contributed by atoms with van der Waals surface area (Å²) in [5.41, 5.74) is 0. The van der Waals surface area contributed by atoms with Gasteiger partial charge in [0, 0.05) is 24.2 Å². The Morgan fingerprint density at radius 3 is 2.25 bits per heavy atom. The Morgan fingerprint density at radius 1 is 1.19 bits per heavy atom. The second-order valence-electron chi connectivity index (χ2n) is 5.77. The summed E-state index contributed by atoms with van der Waals surface area (Å²) in [4.78, 5) is 2.58. The Balaban J connectivity index is 1.89. The molecule has 0 aliphatic carbocycles. The van der Waals surface area contributed by atoms with Gasteiger partial charge >= 0.3 is 0 Å². The molecule has 3 nitrogen and oxygen atoms in total. The number of hydrogen-bond donors (Lipinski definition) is 2. The molecule has 0 aromatic heterocycles. The van der Waals surface area contributed by atoms with Crippen LogP contribution in [0.3, 0.4) is 0 Å². The second-order valence-corrected chi connectivity index (χ2v) is 5.77. The minimum absolute atomic E-state index is 0.217. The average Bonchev–Trinajstić information content (AvgIpc) is 2.19. The molecule has 2 saturated heterocycles. The van der Waals surface area contributed by atoms with Gasteiger partial charge in [0.05, 0.1) is 6.10 Å². The van der Waals surface area contributed by atoms with E-state index in [-0.39, 0.29) is 12.1 Å². The maximum atomic E-state index is 9.53. The van der Waals surface area contributed by atoms with E-state index in [1.165, 1.54) is 32.1 Å². The van der Waals surface area contributed by atoms with Crippen molar-refractivity contribution in [3.8, 4) is 0 Å². The molecule has 2 aliphatic rings. The predicted molar refractivity (Wildman–Crippen MR) is 66.5 cm³/mol. The molecule has 2 aliphatic heterocycles. The summed E-state index contributed by atoms with van der Waals surface area (Å²) in [6, 6.07) is 2.36. The molecular weight excluding hydrogens is 200 g/mol. The molecule has 0 saturated carbocycles. The number of rotatable bonds is 3. The van der Waals surface area contributed by atoms with Gasteiger partial charge in [-0.1, -0.05) is 6.42 Å². The Bertz CT molecular complexity index is 215. The maximum Gasteiger partial charge on any atom is 0.0662 e. The number of nitrogens with zero attached hydrogens (tertiary/aromatic N) is 1. The van der Waals surface area contributed by atoms with E-state index in [1.807, 2.05) is 6.92 Å². The Kier molecular flexibility index (Phi) is 3.88. The van der Waals surface area contributed by atoms with Crippen molar-refractivity contribution < 1.29 is 5.11 Å². The summed E-state index contributed by atoms with van der Waals surface area (Å²) in [6.45, 7) is 3.95. The van der Waals surface area contributed by atoms with Crippen molar-refractivity contribution in [1.29, 1.82) is 0 Å². The second kappa shape index (κ2) is 5.03. The Hall–Kier alpha value is -0.120. The minimum atomic E-state index is -0.250. The lowest BCUT2D eigenvalue weighted by atomic mass is 9.82. The van der Waals surface area contributed by atoms with Gasteiger partial charge in [-0.05, 0) is 46.6 Å². The van der Waals surface area contributed by atoms with Gasteiger partial charge in [-0.25, -0.2) is 0 Å². The van der Waals surface area contributed by atoms with Crippen LogP contribution in [0.2, 0.25) is 0 Å². The van der Waals surface area contributed by atoms with Gasteiger partial charge in [0.1, 0.15) is 0 Å². The van der Waals surface area contributed by atoms with E-state index in [4.69, 9.17) is 0 Å². The van der Waals surface area contributed by atoms with Crippen LogP contribution >= 0.6 is 0 Å². The number of hydrogen-bond acceptors (Lipinski definition) is 3. The fourth-order valence-electron chi connectivity index (χ4n) is 3.26. The number of nitrogens with one attached hydrogen (secondary N) is 1. The molecule has 2 heterocycles. The SMILES string of the molecule is CC(O)C(C)NC1CC2CCCC(C1)N2C. The molecular formula is C13H26N2O. The van der Waals surface area contributed by atoms with Crippen LogP contribution in [0.4, 0.5) is 0 Å². The monoisotopic (exact) mass is 226 g/mol. The van der Waals surface area contributed by atoms with Gasteiger partial charge in [-0.3, -0.25) is 0 Å². The van der Waals surface area contributed by atoms with E-state index >= 15 is 0 Å². The van der Waals surface area contributed by atoms with Crippen LogP contribution in [0, 0.1) is 0 Å². The number of aliphatic hydroxyl groups is 1. The third kappa shape index (κ3) is 2.58. The molecule has 0 radical (unpaired) electrons. The molecule has 0 aromatic rings. The zero-order chi connectivity index (χ0) is 11.7. The van der Waals surface area contributed by atoms with Crippen molar-refractivity contribution in [3.05, 3.63) is 0 Å². The predicted octanol–water partition coefficient (Wildman–Crippen LogP) is 1.36. The molecule has 2 bridgehead atoms. The maximum absolute atomic E-state index is 9.53. The van der Waals surface area contributed by atoms with E-state index in [0.29, 0.717) is 6.04 Å². The first-order chi connectivity index (χ1) is 7.58. The van der Waals surface area contributed by atoms with E-state index in [0.717, 1.165) is 12.1 Å². The van der Waals surface area contributed by atoms with Crippen LogP contribution in [0.15, 0.2) is 0 Å². The summed E-state index contributed by atoms with van der Waals surface area (Å²) in [5.74, 6) is 0. The molecule has 3 heteroatoms. The van der Waals surface area contributed by atoms with E-state index in [9.17, 15) is 5.11 Å². The zero-order valence-corrected chi connectivity index (χ0v) is 10.8. The zero-order valence-electron chi connectivity index (χ0n) is 10.8. The lowest BCUT2D eigenvalue weighted by molar-refractivity contribution is 0.0394. The van der Waals surface area contributed by atoms with Crippen LogP contribution in [0.25, 0.3) is 0 Å². The molecule has 0 spiro atoms. The van der Waals surface area contributed by atoms with Crippen LogP contribution in [0.1, 0.15) is 46.0 Å². The topological polar surface area (TPSA) is 35.5 Å². The molecule has 4 atom stereocenters. The molecule has 16 heavy (non-hydrogen) atoms. The van der Waals surface area contributed by atoms with Crippen molar-refractivity contribution in [2.24, 2.45) is 0 Å². The Labute approximate surface area is 99.2 Å². The van der Waals surface area contributed by atoms with Gasteiger partial charge in [-0.15, -0.1) is 0 Å². The summed E-state index contributed by atoms with van der Waals surface area (Å²) >= 11 is 0. The lowest BCUT2D eigenvalue weighted by Gasteiger charge is -2.48. The summed E-state index contributed by atoms with van der Waals surface area (Å²) in [7, 11) is 2.28. The summed E-state index contributed by atoms with van der Waals surface area (Å²) in [5, 5.41) is 13.1. The third-order valence-electron chi connectivity index (χ3n) is 4.56. The highest BCUT2D eigenvalue weighted by Gasteiger charge is 2.36. The van der Waals surface area contributed by atoms with Crippen molar-refractivity contribution in [1.82, 2.24) is 10.2 Å². The molecule has 2 N–H and O–H groups in total. The number of fused-ring (bicyclic) bond motifs is 2. The molecule has 4 unspecified atom stereocenters. The smallest absolute Gasteiger partial charge is 0.0662 e. The number of aliphatic hydroxyl groups excluding tert-OH is 1. The van der Waals surface area contributed by atoms with Crippen molar-refractivity contribution in [2.45, 2.75) is 76.2 Å². The van der Waals surface area contributed by atoms with Crippen LogP contribution in [0.5, 0.6) is 0 Å². The van der Waals surface area contributed by atoms with Gasteiger partial charge in [0.2, 0.25) is 0 Å². The standard InChI is InChI=1S/C13H26N2O/c1-9(10(2)16)14-11-7-12-5-4-6-13(8-11)15(12)3/h9-14,16H,4-8H2,1-3H3. The lowest BCUT2D eigenvalue weighted by Crippen LogP contribution is -2.56. The van der Waals surface area contributed by atoms with E-state index < -0.39 is 0 Å². The van der Waals surface area contributed by atoms with E-state index in [2.05, 4.69) is 24.2 Å². The quantitative estimate of drug-likeness (QED) is 0.763. The van der Waals surface area contributed by atoms with Crippen molar-refractivity contribution in [3.63, 3.8) is 0 Å². The molecule has 2 rings (SSSR count). The summed E-state index contributed by atoms with van der Waals surface area (Å²) in [6.07, 6.45) is 6.37. The van der Waals surface area contributed by atoms with Crippen molar-refractivity contribution >= 4 is 0 Å². The molecule has 94 valence electrons.